The summed E-state index contributed by atoms with van der Waals surface area (Å²) in [7, 11) is 1.53. The molecule has 0 aromatic heterocycles. The van der Waals surface area contributed by atoms with Crippen LogP contribution in [0.25, 0.3) is 0 Å². The minimum Gasteiger partial charge on any atom is -0.480 e. The molecule has 0 aromatic rings. The highest BCUT2D eigenvalue weighted by Crippen LogP contribution is 2.37. The number of amides is 2. The van der Waals surface area contributed by atoms with E-state index in [1.807, 2.05) is 0 Å². The number of aliphatic carboxylic acids is 1. The lowest BCUT2D eigenvalue weighted by Crippen LogP contribution is -2.48. The fraction of sp³-hybridized carbons (Fsp3) is 0.727. The summed E-state index contributed by atoms with van der Waals surface area (Å²) in [6, 6.07) is -1.27. The predicted molar refractivity (Wildman–Crippen MR) is 61.6 cm³/mol. The van der Waals surface area contributed by atoms with Crippen LogP contribution < -0.4 is 11.1 Å². The molecular formula is C11H18N2O5. The van der Waals surface area contributed by atoms with Crippen molar-refractivity contribution in [1.82, 2.24) is 5.32 Å². The quantitative estimate of drug-likeness (QED) is 0.563. The lowest BCUT2D eigenvalue weighted by Gasteiger charge is -2.40. The number of methoxy groups -OCH3 is 1. The highest BCUT2D eigenvalue weighted by Gasteiger charge is 2.39. The third-order valence-corrected chi connectivity index (χ3v) is 3.22. The number of carbonyl (C=O) groups excluding carboxylic acids is 2. The molecule has 1 rings (SSSR count). The molecule has 0 aromatic carbocycles. The zero-order valence-electron chi connectivity index (χ0n) is 10.3. The first-order valence-corrected chi connectivity index (χ1v) is 5.74. The number of carbonyl (C=O) groups is 3. The standard InChI is InChI=1S/C11H18N2O5/c1-18-11(3-2-4-11)6-9(15)13-7(10(16)17)5-8(12)14/h7H,2-6H2,1H3,(H2,12,14)(H,13,15)(H,16,17)/t7-/m0/s1. The van der Waals surface area contributed by atoms with E-state index in [-0.39, 0.29) is 6.42 Å². The summed E-state index contributed by atoms with van der Waals surface area (Å²) in [4.78, 5) is 33.2. The van der Waals surface area contributed by atoms with Gasteiger partial charge in [0.25, 0.3) is 0 Å². The Bertz CT molecular complexity index is 346. The lowest BCUT2D eigenvalue weighted by molar-refractivity contribution is -0.145. The maximum atomic E-state index is 11.7. The van der Waals surface area contributed by atoms with E-state index in [4.69, 9.17) is 15.6 Å². The van der Waals surface area contributed by atoms with Crippen LogP contribution >= 0.6 is 0 Å². The maximum absolute atomic E-state index is 11.7. The second-order valence-corrected chi connectivity index (χ2v) is 4.55. The van der Waals surface area contributed by atoms with Gasteiger partial charge >= 0.3 is 5.97 Å². The Morgan fingerprint density at radius 1 is 1.44 bits per heavy atom. The molecule has 1 aliphatic carbocycles. The Morgan fingerprint density at radius 2 is 2.06 bits per heavy atom. The van der Waals surface area contributed by atoms with Gasteiger partial charge in [-0.2, -0.15) is 0 Å². The Labute approximate surface area is 105 Å². The van der Waals surface area contributed by atoms with Gasteiger partial charge in [0.05, 0.1) is 18.4 Å². The van der Waals surface area contributed by atoms with Crippen LogP contribution in [0, 0.1) is 0 Å². The van der Waals surface area contributed by atoms with Crippen LogP contribution in [0.1, 0.15) is 32.1 Å². The van der Waals surface area contributed by atoms with Crippen LogP contribution in [-0.4, -0.2) is 41.6 Å². The number of carboxylic acids is 1. The van der Waals surface area contributed by atoms with Gasteiger partial charge in [0.15, 0.2) is 0 Å². The largest absolute Gasteiger partial charge is 0.480 e. The fourth-order valence-electron chi connectivity index (χ4n) is 1.96. The van der Waals surface area contributed by atoms with Gasteiger partial charge in [-0.05, 0) is 19.3 Å². The number of ether oxygens (including phenoxy) is 1. The smallest absolute Gasteiger partial charge is 0.326 e. The number of nitrogens with one attached hydrogen (secondary N) is 1. The molecule has 0 saturated heterocycles. The molecule has 0 unspecified atom stereocenters. The van der Waals surface area contributed by atoms with Crippen LogP contribution in [0.2, 0.25) is 0 Å². The summed E-state index contributed by atoms with van der Waals surface area (Å²) in [6.07, 6.45) is 2.24. The zero-order valence-corrected chi connectivity index (χ0v) is 10.3. The normalized spacial score (nSPS) is 18.5. The van der Waals surface area contributed by atoms with Gasteiger partial charge in [-0.25, -0.2) is 4.79 Å². The van der Waals surface area contributed by atoms with Crippen LogP contribution in [0.3, 0.4) is 0 Å². The molecule has 0 heterocycles. The van der Waals surface area contributed by atoms with Crippen molar-refractivity contribution in [3.63, 3.8) is 0 Å². The van der Waals surface area contributed by atoms with E-state index in [9.17, 15) is 14.4 Å². The first-order chi connectivity index (χ1) is 8.38. The lowest BCUT2D eigenvalue weighted by atomic mass is 9.77. The molecule has 1 saturated carbocycles. The van der Waals surface area contributed by atoms with E-state index in [1.165, 1.54) is 7.11 Å². The topological polar surface area (TPSA) is 119 Å². The third-order valence-electron chi connectivity index (χ3n) is 3.22. The first kappa shape index (κ1) is 14.4. The number of nitrogens with two attached hydrogens (primary N) is 1. The summed E-state index contributed by atoms with van der Waals surface area (Å²) in [5.74, 6) is -2.49. The molecule has 0 aliphatic heterocycles. The van der Waals surface area contributed by atoms with Crippen molar-refractivity contribution < 1.29 is 24.2 Å². The number of primary amides is 1. The minimum absolute atomic E-state index is 0.103. The highest BCUT2D eigenvalue weighted by atomic mass is 16.5. The molecule has 1 atom stereocenters. The van der Waals surface area contributed by atoms with Crippen molar-refractivity contribution in [3.8, 4) is 0 Å². The first-order valence-electron chi connectivity index (χ1n) is 5.74. The van der Waals surface area contributed by atoms with E-state index in [2.05, 4.69) is 5.32 Å². The van der Waals surface area contributed by atoms with Crippen LogP contribution in [0.5, 0.6) is 0 Å². The van der Waals surface area contributed by atoms with Gasteiger partial charge in [0, 0.05) is 7.11 Å². The monoisotopic (exact) mass is 258 g/mol. The van der Waals surface area contributed by atoms with E-state index < -0.39 is 35.8 Å². The van der Waals surface area contributed by atoms with Crippen molar-refractivity contribution >= 4 is 17.8 Å². The molecule has 1 aliphatic rings. The molecule has 102 valence electrons. The molecule has 0 spiro atoms. The molecule has 0 bridgehead atoms. The average molecular weight is 258 g/mol. The zero-order chi connectivity index (χ0) is 13.8. The van der Waals surface area contributed by atoms with E-state index in [1.54, 1.807) is 0 Å². The minimum atomic E-state index is -1.28. The molecule has 18 heavy (non-hydrogen) atoms. The Kier molecular flexibility index (Phi) is 4.66. The van der Waals surface area contributed by atoms with Crippen molar-refractivity contribution in [2.45, 2.75) is 43.7 Å². The van der Waals surface area contributed by atoms with Crippen molar-refractivity contribution in [2.24, 2.45) is 5.73 Å². The van der Waals surface area contributed by atoms with E-state index in [0.29, 0.717) is 0 Å². The number of carboxylic acid groups (broad SMARTS) is 1. The van der Waals surface area contributed by atoms with E-state index in [0.717, 1.165) is 19.3 Å². The molecule has 7 nitrogen and oxygen atoms in total. The van der Waals surface area contributed by atoms with Crippen LogP contribution in [0.4, 0.5) is 0 Å². The molecule has 7 heteroatoms. The number of hydrogen-bond donors (Lipinski definition) is 3. The Morgan fingerprint density at radius 3 is 2.39 bits per heavy atom. The van der Waals surface area contributed by atoms with Gasteiger partial charge in [-0.1, -0.05) is 0 Å². The summed E-state index contributed by atoms with van der Waals surface area (Å²) in [6.45, 7) is 0. The average Bonchev–Trinajstić information content (AvgIpc) is 2.21. The van der Waals surface area contributed by atoms with Gasteiger partial charge < -0.3 is 20.9 Å². The number of hydrogen-bond acceptors (Lipinski definition) is 4. The second-order valence-electron chi connectivity index (χ2n) is 4.55. The maximum Gasteiger partial charge on any atom is 0.326 e. The van der Waals surface area contributed by atoms with Gasteiger partial charge in [0.2, 0.25) is 11.8 Å². The van der Waals surface area contributed by atoms with Crippen LogP contribution in [-0.2, 0) is 19.1 Å². The van der Waals surface area contributed by atoms with Gasteiger partial charge in [-0.3, -0.25) is 9.59 Å². The van der Waals surface area contributed by atoms with Gasteiger partial charge in [-0.15, -0.1) is 0 Å². The SMILES string of the molecule is COC1(CC(=O)N[C@@H](CC(N)=O)C(=O)O)CCC1. The van der Waals surface area contributed by atoms with Crippen LogP contribution in [0.15, 0.2) is 0 Å². The molecule has 2 amide bonds. The summed E-state index contributed by atoms with van der Waals surface area (Å²) in [5, 5.41) is 11.1. The fourth-order valence-corrected chi connectivity index (χ4v) is 1.96. The van der Waals surface area contributed by atoms with Crippen molar-refractivity contribution in [1.29, 1.82) is 0 Å². The Hall–Kier alpha value is -1.63. The highest BCUT2D eigenvalue weighted by molar-refractivity contribution is 5.88. The summed E-state index contributed by atoms with van der Waals surface area (Å²) in [5.41, 5.74) is 4.45. The molecule has 1 fully saturated rings. The van der Waals surface area contributed by atoms with Crippen molar-refractivity contribution in [3.05, 3.63) is 0 Å². The summed E-state index contributed by atoms with van der Waals surface area (Å²) < 4.78 is 5.27. The summed E-state index contributed by atoms with van der Waals surface area (Å²) >= 11 is 0. The predicted octanol–water partition coefficient (Wildman–Crippen LogP) is -0.610. The second kappa shape index (κ2) is 5.81. The number of rotatable bonds is 7. The van der Waals surface area contributed by atoms with E-state index >= 15 is 0 Å². The molecule has 0 radical (unpaired) electrons. The molecule has 4 N–H and O–H groups in total. The van der Waals surface area contributed by atoms with Crippen molar-refractivity contribution in [2.75, 3.05) is 7.11 Å². The Balaban J connectivity index is 2.50. The molecular weight excluding hydrogens is 240 g/mol. The third kappa shape index (κ3) is 3.69. The van der Waals surface area contributed by atoms with Gasteiger partial charge in [0.1, 0.15) is 6.04 Å².